The predicted octanol–water partition coefficient (Wildman–Crippen LogP) is 4.15. The van der Waals surface area contributed by atoms with Gasteiger partial charge in [-0.15, -0.1) is 0 Å². The van der Waals surface area contributed by atoms with Crippen molar-refractivity contribution in [1.82, 2.24) is 0 Å². The van der Waals surface area contributed by atoms with E-state index in [2.05, 4.69) is 19.1 Å². The van der Waals surface area contributed by atoms with Crippen molar-refractivity contribution in [2.24, 2.45) is 0 Å². The Kier molecular flexibility index (Phi) is 5.14. The van der Waals surface area contributed by atoms with E-state index in [4.69, 9.17) is 4.74 Å². The second kappa shape index (κ2) is 6.87. The van der Waals surface area contributed by atoms with Crippen LogP contribution in [-0.2, 0) is 0 Å². The second-order valence-electron chi connectivity index (χ2n) is 5.16. The Morgan fingerprint density at radius 2 is 1.71 bits per heavy atom. The van der Waals surface area contributed by atoms with E-state index in [1.165, 1.54) is 5.56 Å². The zero-order valence-corrected chi connectivity index (χ0v) is 14.0. The SMILES string of the molecule is CCOc1ccccc1PC(=O)c1c(C)cc(C)cc1C. The summed E-state index contributed by atoms with van der Waals surface area (Å²) < 4.78 is 5.61. The van der Waals surface area contributed by atoms with Gasteiger partial charge in [0.25, 0.3) is 0 Å². The molecule has 0 saturated carbocycles. The standard InChI is InChI=1S/C18H21O2P/c1-5-20-15-8-6-7-9-16(15)21-18(19)17-13(3)10-12(2)11-14(17)4/h6-11,21H,5H2,1-4H3. The van der Waals surface area contributed by atoms with E-state index in [1.807, 2.05) is 45.0 Å². The molecule has 0 fully saturated rings. The molecule has 0 spiro atoms. The van der Waals surface area contributed by atoms with Crippen LogP contribution in [-0.4, -0.2) is 12.1 Å². The Morgan fingerprint density at radius 1 is 1.10 bits per heavy atom. The third kappa shape index (κ3) is 3.71. The molecule has 0 N–H and O–H groups in total. The Hall–Kier alpha value is -1.66. The fourth-order valence-corrected chi connectivity index (χ4v) is 3.80. The second-order valence-corrected chi connectivity index (χ2v) is 6.40. The third-order valence-corrected chi connectivity index (χ3v) is 4.50. The number of carbonyl (C=O) groups excluding carboxylic acids is 1. The van der Waals surface area contributed by atoms with Crippen molar-refractivity contribution in [2.45, 2.75) is 27.7 Å². The molecular formula is C18H21O2P. The van der Waals surface area contributed by atoms with Crippen LogP contribution in [0.5, 0.6) is 5.75 Å². The molecule has 0 aliphatic carbocycles. The van der Waals surface area contributed by atoms with Crippen LogP contribution < -0.4 is 10.0 Å². The Labute approximate surface area is 128 Å². The lowest BCUT2D eigenvalue weighted by atomic mass is 10.0. The summed E-state index contributed by atoms with van der Waals surface area (Å²) in [5.74, 6) is 0.814. The first kappa shape index (κ1) is 15.7. The van der Waals surface area contributed by atoms with Crippen LogP contribution in [0.4, 0.5) is 0 Å². The van der Waals surface area contributed by atoms with E-state index in [0.717, 1.165) is 27.7 Å². The first-order valence-corrected chi connectivity index (χ1v) is 8.14. The highest BCUT2D eigenvalue weighted by Crippen LogP contribution is 2.28. The fraction of sp³-hybridized carbons (Fsp3) is 0.278. The number of hydrogen-bond donors (Lipinski definition) is 0. The molecule has 0 amide bonds. The molecule has 0 saturated heterocycles. The smallest absolute Gasteiger partial charge is 0.186 e. The summed E-state index contributed by atoms with van der Waals surface area (Å²) in [4.78, 5) is 12.7. The zero-order valence-electron chi connectivity index (χ0n) is 13.0. The summed E-state index contributed by atoms with van der Waals surface area (Å²) in [7, 11) is 0.0900. The number of aryl methyl sites for hydroxylation is 3. The van der Waals surface area contributed by atoms with Crippen LogP contribution in [0.15, 0.2) is 36.4 Å². The lowest BCUT2D eigenvalue weighted by molar-refractivity contribution is 0.108. The minimum Gasteiger partial charge on any atom is -0.493 e. The van der Waals surface area contributed by atoms with Gasteiger partial charge in [-0.3, -0.25) is 4.79 Å². The Morgan fingerprint density at radius 3 is 2.33 bits per heavy atom. The Balaban J connectivity index is 2.31. The number of carbonyl (C=O) groups is 1. The molecule has 0 radical (unpaired) electrons. The van der Waals surface area contributed by atoms with Crippen LogP contribution in [0.3, 0.4) is 0 Å². The number of para-hydroxylation sites is 1. The van der Waals surface area contributed by atoms with Gasteiger partial charge in [-0.25, -0.2) is 0 Å². The van der Waals surface area contributed by atoms with Crippen molar-refractivity contribution in [2.75, 3.05) is 6.61 Å². The molecule has 2 rings (SSSR count). The van der Waals surface area contributed by atoms with E-state index in [9.17, 15) is 4.79 Å². The molecule has 21 heavy (non-hydrogen) atoms. The van der Waals surface area contributed by atoms with Gasteiger partial charge in [0, 0.05) is 10.9 Å². The van der Waals surface area contributed by atoms with Crippen molar-refractivity contribution in [1.29, 1.82) is 0 Å². The van der Waals surface area contributed by atoms with Gasteiger partial charge in [0.2, 0.25) is 0 Å². The molecule has 3 heteroatoms. The topological polar surface area (TPSA) is 26.3 Å². The van der Waals surface area contributed by atoms with E-state index in [0.29, 0.717) is 6.61 Å². The first-order valence-electron chi connectivity index (χ1n) is 7.14. The van der Waals surface area contributed by atoms with E-state index in [-0.39, 0.29) is 14.1 Å². The summed E-state index contributed by atoms with van der Waals surface area (Å²) in [6.45, 7) is 8.63. The van der Waals surface area contributed by atoms with Crippen molar-refractivity contribution in [3.8, 4) is 5.75 Å². The van der Waals surface area contributed by atoms with Gasteiger partial charge in [0.15, 0.2) is 5.52 Å². The molecule has 0 aliphatic rings. The molecule has 110 valence electrons. The number of ether oxygens (including phenoxy) is 1. The van der Waals surface area contributed by atoms with Gasteiger partial charge >= 0.3 is 0 Å². The van der Waals surface area contributed by atoms with Gasteiger partial charge in [0.05, 0.1) is 6.61 Å². The summed E-state index contributed by atoms with van der Waals surface area (Å²) in [6, 6.07) is 11.9. The van der Waals surface area contributed by atoms with Crippen molar-refractivity contribution in [3.63, 3.8) is 0 Å². The van der Waals surface area contributed by atoms with Crippen molar-refractivity contribution in [3.05, 3.63) is 58.7 Å². The molecule has 2 aromatic carbocycles. The number of rotatable bonds is 5. The van der Waals surface area contributed by atoms with E-state index >= 15 is 0 Å². The van der Waals surface area contributed by atoms with Crippen LogP contribution in [0, 0.1) is 20.8 Å². The average Bonchev–Trinajstić information content (AvgIpc) is 2.40. The van der Waals surface area contributed by atoms with Gasteiger partial charge < -0.3 is 4.74 Å². The summed E-state index contributed by atoms with van der Waals surface area (Å²) >= 11 is 0. The maximum atomic E-state index is 12.7. The molecular weight excluding hydrogens is 279 g/mol. The summed E-state index contributed by atoms with van der Waals surface area (Å²) in [6.07, 6.45) is 0. The quantitative estimate of drug-likeness (QED) is 0.775. The van der Waals surface area contributed by atoms with Gasteiger partial charge in [-0.2, -0.15) is 0 Å². The lowest BCUT2D eigenvalue weighted by Gasteiger charge is -2.12. The minimum atomic E-state index is 0.0900. The number of hydrogen-bond acceptors (Lipinski definition) is 2. The highest BCUT2D eigenvalue weighted by Gasteiger charge is 2.15. The molecule has 0 aliphatic heterocycles. The summed E-state index contributed by atoms with van der Waals surface area (Å²) in [5.41, 5.74) is 4.33. The molecule has 0 aromatic heterocycles. The number of benzene rings is 2. The van der Waals surface area contributed by atoms with Gasteiger partial charge in [-0.05, 0) is 53.5 Å². The monoisotopic (exact) mass is 300 g/mol. The van der Waals surface area contributed by atoms with Crippen molar-refractivity contribution < 1.29 is 9.53 Å². The molecule has 0 bridgehead atoms. The molecule has 1 unspecified atom stereocenters. The Bertz CT molecular complexity index is 639. The largest absolute Gasteiger partial charge is 0.493 e. The first-order chi connectivity index (χ1) is 10.0. The van der Waals surface area contributed by atoms with Gasteiger partial charge in [0.1, 0.15) is 5.75 Å². The predicted molar refractivity (Wildman–Crippen MR) is 90.5 cm³/mol. The molecule has 2 nitrogen and oxygen atoms in total. The van der Waals surface area contributed by atoms with Crippen LogP contribution in [0.1, 0.15) is 34.0 Å². The van der Waals surface area contributed by atoms with Gasteiger partial charge in [-0.1, -0.05) is 35.9 Å². The highest BCUT2D eigenvalue weighted by atomic mass is 31.1. The minimum absolute atomic E-state index is 0.0900. The van der Waals surface area contributed by atoms with Crippen LogP contribution in [0.2, 0.25) is 0 Å². The highest BCUT2D eigenvalue weighted by molar-refractivity contribution is 7.66. The normalized spacial score (nSPS) is 11.0. The fourth-order valence-electron chi connectivity index (χ4n) is 2.57. The average molecular weight is 300 g/mol. The zero-order chi connectivity index (χ0) is 15.4. The molecule has 0 heterocycles. The van der Waals surface area contributed by atoms with Crippen LogP contribution >= 0.6 is 8.58 Å². The summed E-state index contributed by atoms with van der Waals surface area (Å²) in [5, 5.41) is 0.976. The maximum Gasteiger partial charge on any atom is 0.186 e. The van der Waals surface area contributed by atoms with E-state index in [1.54, 1.807) is 0 Å². The lowest BCUT2D eigenvalue weighted by Crippen LogP contribution is -2.08. The van der Waals surface area contributed by atoms with E-state index < -0.39 is 0 Å². The molecule has 2 aromatic rings. The van der Waals surface area contributed by atoms with Crippen molar-refractivity contribution >= 4 is 19.4 Å². The maximum absolute atomic E-state index is 12.7. The van der Waals surface area contributed by atoms with Crippen LogP contribution in [0.25, 0.3) is 0 Å². The molecule has 1 atom stereocenters. The third-order valence-electron chi connectivity index (χ3n) is 3.34.